The lowest BCUT2D eigenvalue weighted by molar-refractivity contribution is -0.126. The molecule has 0 aliphatic carbocycles. The molecule has 2 amide bonds. The number of hydrogen-bond donors (Lipinski definition) is 6. The first-order valence-electron chi connectivity index (χ1n) is 12.0. The van der Waals surface area contributed by atoms with Gasteiger partial charge in [0.15, 0.2) is 0 Å². The average molecular weight is 486 g/mol. The van der Waals surface area contributed by atoms with Gasteiger partial charge in [0.1, 0.15) is 0 Å². The summed E-state index contributed by atoms with van der Waals surface area (Å²) < 4.78 is 0. The van der Waals surface area contributed by atoms with Crippen molar-refractivity contribution in [1.29, 1.82) is 0 Å². The van der Waals surface area contributed by atoms with Crippen LogP contribution in [-0.4, -0.2) is 95.4 Å². The molecule has 0 atom stereocenters. The highest BCUT2D eigenvalue weighted by Gasteiger charge is 2.23. The second-order valence-electron chi connectivity index (χ2n) is 9.52. The average Bonchev–Trinajstić information content (AvgIpc) is 2.79. The fourth-order valence-electron chi connectivity index (χ4n) is 2.92. The number of carbonyl (C=O) groups excluding carboxylic acids is 2. The molecule has 11 nitrogen and oxygen atoms in total. The molecular formula is C23H47N7O4. The summed E-state index contributed by atoms with van der Waals surface area (Å²) in [5.74, 6) is -0.251. The summed E-state index contributed by atoms with van der Waals surface area (Å²) in [6, 6.07) is 0. The Balaban J connectivity index is 4.72. The van der Waals surface area contributed by atoms with Crippen molar-refractivity contribution in [3.63, 3.8) is 0 Å². The van der Waals surface area contributed by atoms with Gasteiger partial charge in [-0.15, -0.1) is 0 Å². The lowest BCUT2D eigenvalue weighted by Crippen LogP contribution is -2.51. The monoisotopic (exact) mass is 485 g/mol. The van der Waals surface area contributed by atoms with Crippen molar-refractivity contribution in [1.82, 2.24) is 26.2 Å². The third-order valence-corrected chi connectivity index (χ3v) is 6.00. The second kappa shape index (κ2) is 16.4. The van der Waals surface area contributed by atoms with Gasteiger partial charge in [0.05, 0.1) is 22.5 Å². The second-order valence-corrected chi connectivity index (χ2v) is 9.52. The number of carbonyl (C=O) groups is 2. The van der Waals surface area contributed by atoms with Crippen molar-refractivity contribution in [2.45, 2.75) is 78.8 Å². The van der Waals surface area contributed by atoms with Gasteiger partial charge in [0.2, 0.25) is 11.8 Å². The molecule has 0 spiro atoms. The van der Waals surface area contributed by atoms with Crippen molar-refractivity contribution in [3.05, 3.63) is 0 Å². The first-order chi connectivity index (χ1) is 15.9. The Morgan fingerprint density at radius 1 is 0.735 bits per heavy atom. The van der Waals surface area contributed by atoms with Crippen LogP contribution >= 0.6 is 0 Å². The molecule has 6 N–H and O–H groups in total. The molecule has 0 bridgehead atoms. The minimum absolute atomic E-state index is 0.107. The maximum absolute atomic E-state index is 12.1. The van der Waals surface area contributed by atoms with Crippen LogP contribution in [0.15, 0.2) is 10.3 Å². The van der Waals surface area contributed by atoms with Gasteiger partial charge in [-0.3, -0.25) is 14.5 Å². The molecule has 0 aliphatic rings. The molecule has 0 aromatic rings. The van der Waals surface area contributed by atoms with E-state index in [9.17, 15) is 9.59 Å². The molecule has 34 heavy (non-hydrogen) atoms. The van der Waals surface area contributed by atoms with Gasteiger partial charge in [-0.25, -0.2) is 0 Å². The zero-order valence-electron chi connectivity index (χ0n) is 22.1. The first kappa shape index (κ1) is 31.8. The van der Waals surface area contributed by atoms with E-state index in [1.54, 1.807) is 13.8 Å². The first-order valence-corrected chi connectivity index (χ1v) is 12.0. The van der Waals surface area contributed by atoms with Crippen LogP contribution < -0.4 is 21.3 Å². The molecule has 0 fully saturated rings. The summed E-state index contributed by atoms with van der Waals surface area (Å²) in [5, 5.41) is 37.1. The summed E-state index contributed by atoms with van der Waals surface area (Å²) in [4.78, 5) is 26.0. The van der Waals surface area contributed by atoms with Crippen LogP contribution in [0.2, 0.25) is 0 Å². The number of nitrogens with one attached hydrogen (secondary N) is 4. The van der Waals surface area contributed by atoms with E-state index >= 15 is 0 Å². The molecule has 0 aromatic heterocycles. The summed E-state index contributed by atoms with van der Waals surface area (Å²) in [6.07, 6.45) is 1.22. The molecule has 198 valence electrons. The number of rotatable bonds is 18. The van der Waals surface area contributed by atoms with E-state index in [0.717, 1.165) is 6.42 Å². The number of nitrogens with zero attached hydrogens (tertiary/aromatic N) is 3. The molecule has 0 radical (unpaired) electrons. The summed E-state index contributed by atoms with van der Waals surface area (Å²) in [7, 11) is 0. The van der Waals surface area contributed by atoms with Crippen molar-refractivity contribution >= 4 is 23.2 Å². The zero-order valence-corrected chi connectivity index (χ0v) is 22.1. The standard InChI is InChI=1S/C23H47N7O4/c1-8-11-24-20(31)9-10-21(32)25-12-15-30(16-13-26-22(4,5)18(2)28-33)17-14-27-23(6,7)19(3)29-34/h26-27,33-34H,8-17H2,1-7H3,(H,24,31)(H,25,32)/b28-18-,29-19-. The van der Waals surface area contributed by atoms with E-state index in [0.29, 0.717) is 57.2 Å². The summed E-state index contributed by atoms with van der Waals surface area (Å²) in [6.45, 7) is 17.8. The van der Waals surface area contributed by atoms with Crippen molar-refractivity contribution in [3.8, 4) is 0 Å². The van der Waals surface area contributed by atoms with Crippen LogP contribution in [0.5, 0.6) is 0 Å². The largest absolute Gasteiger partial charge is 0.411 e. The Kier molecular flexibility index (Phi) is 15.3. The SMILES string of the molecule is CCCNC(=O)CCC(=O)NCCN(CCNC(C)(C)/C(C)=N\O)CCNC(C)(C)/C(C)=N\O. The molecule has 0 saturated carbocycles. The van der Waals surface area contributed by atoms with E-state index in [1.165, 1.54) is 0 Å². The van der Waals surface area contributed by atoms with Gasteiger partial charge in [0, 0.05) is 58.7 Å². The fraction of sp³-hybridized carbons (Fsp3) is 0.826. The van der Waals surface area contributed by atoms with Gasteiger partial charge in [0.25, 0.3) is 0 Å². The highest BCUT2D eigenvalue weighted by Crippen LogP contribution is 2.06. The van der Waals surface area contributed by atoms with Crippen molar-refractivity contribution < 1.29 is 20.0 Å². The number of oxime groups is 2. The molecular weight excluding hydrogens is 438 g/mol. The van der Waals surface area contributed by atoms with Crippen LogP contribution in [0, 0.1) is 0 Å². The highest BCUT2D eigenvalue weighted by atomic mass is 16.4. The molecule has 0 heterocycles. The van der Waals surface area contributed by atoms with Crippen LogP contribution in [0.3, 0.4) is 0 Å². The lowest BCUT2D eigenvalue weighted by Gasteiger charge is -2.30. The topological polar surface area (TPSA) is 151 Å². The fourth-order valence-corrected chi connectivity index (χ4v) is 2.92. The predicted octanol–water partition coefficient (Wildman–Crippen LogP) is 1.15. The lowest BCUT2D eigenvalue weighted by atomic mass is 9.99. The van der Waals surface area contributed by atoms with E-state index < -0.39 is 11.1 Å². The Bertz CT molecular complexity index is 642. The van der Waals surface area contributed by atoms with Gasteiger partial charge in [-0.05, 0) is 48.0 Å². The summed E-state index contributed by atoms with van der Waals surface area (Å²) in [5.41, 5.74) is 0.303. The molecule has 0 aromatic carbocycles. The Morgan fingerprint density at radius 2 is 1.12 bits per heavy atom. The van der Waals surface area contributed by atoms with E-state index in [2.05, 4.69) is 36.5 Å². The van der Waals surface area contributed by atoms with Gasteiger partial charge < -0.3 is 31.7 Å². The maximum Gasteiger partial charge on any atom is 0.220 e. The predicted molar refractivity (Wildman–Crippen MR) is 136 cm³/mol. The van der Waals surface area contributed by atoms with E-state index in [4.69, 9.17) is 10.4 Å². The van der Waals surface area contributed by atoms with Crippen LogP contribution in [-0.2, 0) is 9.59 Å². The maximum atomic E-state index is 12.1. The molecule has 0 saturated heterocycles. The third kappa shape index (κ3) is 13.5. The van der Waals surface area contributed by atoms with E-state index in [-0.39, 0.29) is 24.7 Å². The van der Waals surface area contributed by atoms with Gasteiger partial charge in [-0.1, -0.05) is 17.2 Å². The van der Waals surface area contributed by atoms with Crippen LogP contribution in [0.1, 0.15) is 67.7 Å². The molecule has 0 unspecified atom stereocenters. The van der Waals surface area contributed by atoms with Crippen molar-refractivity contribution in [2.75, 3.05) is 45.8 Å². The third-order valence-electron chi connectivity index (χ3n) is 6.00. The molecule has 0 aliphatic heterocycles. The summed E-state index contributed by atoms with van der Waals surface area (Å²) >= 11 is 0. The Hall–Kier alpha value is -2.24. The number of amides is 2. The molecule has 11 heteroatoms. The highest BCUT2D eigenvalue weighted by molar-refractivity contribution is 5.90. The van der Waals surface area contributed by atoms with Crippen LogP contribution in [0.4, 0.5) is 0 Å². The minimum Gasteiger partial charge on any atom is -0.411 e. The van der Waals surface area contributed by atoms with Gasteiger partial charge in [-0.2, -0.15) is 0 Å². The van der Waals surface area contributed by atoms with Gasteiger partial charge >= 0.3 is 0 Å². The van der Waals surface area contributed by atoms with Crippen molar-refractivity contribution in [2.24, 2.45) is 10.3 Å². The van der Waals surface area contributed by atoms with E-state index in [1.807, 2.05) is 34.6 Å². The molecule has 0 rings (SSSR count). The zero-order chi connectivity index (χ0) is 26.2. The quantitative estimate of drug-likeness (QED) is 0.0968. The van der Waals surface area contributed by atoms with Crippen LogP contribution in [0.25, 0.3) is 0 Å². The smallest absolute Gasteiger partial charge is 0.220 e. The number of hydrogen-bond acceptors (Lipinski definition) is 9. The Morgan fingerprint density at radius 3 is 1.50 bits per heavy atom. The Labute approximate surface area is 204 Å². The minimum atomic E-state index is -0.443. The normalized spacial score (nSPS) is 13.3.